The Morgan fingerprint density at radius 1 is 1.00 bits per heavy atom. The molecule has 4 nitrogen and oxygen atoms in total. The monoisotopic (exact) mass is 353 g/mol. The van der Waals surface area contributed by atoms with Gasteiger partial charge < -0.3 is 14.5 Å². The quantitative estimate of drug-likeness (QED) is 0.696. The molecule has 2 aromatic carbocycles. The molecule has 1 aliphatic heterocycles. The summed E-state index contributed by atoms with van der Waals surface area (Å²) in [7, 11) is 2.20. The van der Waals surface area contributed by atoms with Gasteiger partial charge in [-0.1, -0.05) is 35.6 Å². The van der Waals surface area contributed by atoms with Gasteiger partial charge in [0.25, 0.3) is 5.19 Å². The van der Waals surface area contributed by atoms with E-state index in [0.717, 1.165) is 28.9 Å². The van der Waals surface area contributed by atoms with Crippen molar-refractivity contribution in [1.82, 2.24) is 14.8 Å². The summed E-state index contributed by atoms with van der Waals surface area (Å²) in [5.41, 5.74) is 2.35. The smallest absolute Gasteiger partial charge is 0.279 e. The first-order valence-corrected chi connectivity index (χ1v) is 9.61. The lowest BCUT2D eigenvalue weighted by atomic mass is 10.1. The fourth-order valence-electron chi connectivity index (χ4n) is 3.08. The molecular formula is C20H23N3OS. The SMILES string of the molecule is CN1CCN(CCc2ccc(Oc3nc4ccccc4s3)cc2)CC1. The minimum Gasteiger partial charge on any atom is -0.431 e. The van der Waals surface area contributed by atoms with Crippen LogP contribution in [0.2, 0.25) is 0 Å². The summed E-state index contributed by atoms with van der Waals surface area (Å²) in [5, 5.41) is 0.700. The molecule has 130 valence electrons. The van der Waals surface area contributed by atoms with Gasteiger partial charge in [0, 0.05) is 32.7 Å². The van der Waals surface area contributed by atoms with Gasteiger partial charge >= 0.3 is 0 Å². The molecule has 0 radical (unpaired) electrons. The molecule has 2 heterocycles. The number of nitrogens with zero attached hydrogens (tertiary/aromatic N) is 3. The van der Waals surface area contributed by atoms with E-state index in [1.807, 2.05) is 30.3 Å². The number of likely N-dealkylation sites (N-methyl/N-ethyl adjacent to an activating group) is 1. The largest absolute Gasteiger partial charge is 0.431 e. The van der Waals surface area contributed by atoms with Gasteiger partial charge in [-0.25, -0.2) is 4.98 Å². The molecule has 1 aromatic heterocycles. The normalized spacial score (nSPS) is 16.4. The number of ether oxygens (including phenoxy) is 1. The maximum Gasteiger partial charge on any atom is 0.279 e. The van der Waals surface area contributed by atoms with Crippen molar-refractivity contribution >= 4 is 21.6 Å². The molecule has 0 atom stereocenters. The van der Waals surface area contributed by atoms with E-state index >= 15 is 0 Å². The number of fused-ring (bicyclic) bond motifs is 1. The third kappa shape index (κ3) is 4.18. The Balaban J connectivity index is 1.33. The molecule has 3 aromatic rings. The highest BCUT2D eigenvalue weighted by Gasteiger charge is 2.13. The molecule has 0 aliphatic carbocycles. The van der Waals surface area contributed by atoms with Crippen LogP contribution in [-0.4, -0.2) is 54.6 Å². The van der Waals surface area contributed by atoms with Crippen LogP contribution in [0.3, 0.4) is 0 Å². The van der Waals surface area contributed by atoms with Crippen LogP contribution in [0.25, 0.3) is 10.2 Å². The molecule has 1 fully saturated rings. The molecule has 1 aliphatic rings. The molecule has 25 heavy (non-hydrogen) atoms. The van der Waals surface area contributed by atoms with Gasteiger partial charge in [-0.05, 0) is 43.3 Å². The number of benzene rings is 2. The lowest BCUT2D eigenvalue weighted by molar-refractivity contribution is 0.155. The summed E-state index contributed by atoms with van der Waals surface area (Å²) in [6.45, 7) is 5.83. The second kappa shape index (κ2) is 7.52. The van der Waals surface area contributed by atoms with Crippen LogP contribution in [0.15, 0.2) is 48.5 Å². The summed E-state index contributed by atoms with van der Waals surface area (Å²) in [4.78, 5) is 9.46. The zero-order valence-corrected chi connectivity index (χ0v) is 15.3. The fourth-order valence-corrected chi connectivity index (χ4v) is 3.91. The van der Waals surface area contributed by atoms with Crippen molar-refractivity contribution < 1.29 is 4.74 Å². The highest BCUT2D eigenvalue weighted by molar-refractivity contribution is 7.20. The van der Waals surface area contributed by atoms with Crippen LogP contribution in [0.4, 0.5) is 0 Å². The maximum absolute atomic E-state index is 5.92. The average molecular weight is 353 g/mol. The van der Waals surface area contributed by atoms with Gasteiger partial charge in [0.2, 0.25) is 0 Å². The van der Waals surface area contributed by atoms with Crippen LogP contribution in [0.1, 0.15) is 5.56 Å². The maximum atomic E-state index is 5.92. The van der Waals surface area contributed by atoms with Gasteiger partial charge in [-0.2, -0.15) is 0 Å². The Morgan fingerprint density at radius 3 is 2.52 bits per heavy atom. The van der Waals surface area contributed by atoms with Crippen molar-refractivity contribution in [2.75, 3.05) is 39.8 Å². The zero-order chi connectivity index (χ0) is 17.1. The third-order valence-electron chi connectivity index (χ3n) is 4.72. The van der Waals surface area contributed by atoms with Crippen molar-refractivity contribution in [2.45, 2.75) is 6.42 Å². The minimum atomic E-state index is 0.700. The van der Waals surface area contributed by atoms with E-state index in [9.17, 15) is 0 Å². The molecule has 0 spiro atoms. The number of hydrogen-bond donors (Lipinski definition) is 0. The second-order valence-electron chi connectivity index (χ2n) is 6.59. The molecule has 1 saturated heterocycles. The van der Waals surface area contributed by atoms with Crippen molar-refractivity contribution in [3.05, 3.63) is 54.1 Å². The summed E-state index contributed by atoms with van der Waals surface area (Å²) in [6, 6.07) is 16.5. The summed E-state index contributed by atoms with van der Waals surface area (Å²) >= 11 is 1.58. The standard InChI is InChI=1S/C20H23N3OS/c1-22-12-14-23(15-13-22)11-10-16-6-8-17(9-7-16)24-20-21-18-4-2-3-5-19(18)25-20/h2-9H,10-15H2,1H3. The average Bonchev–Trinajstić information content (AvgIpc) is 3.05. The Kier molecular flexibility index (Phi) is 4.97. The van der Waals surface area contributed by atoms with Gasteiger partial charge in [-0.15, -0.1) is 0 Å². The molecule has 4 rings (SSSR count). The summed E-state index contributed by atoms with van der Waals surface area (Å²) in [5.74, 6) is 0.849. The Bertz CT molecular complexity index is 789. The molecule has 0 saturated carbocycles. The number of thiazole rings is 1. The second-order valence-corrected chi connectivity index (χ2v) is 7.58. The van der Waals surface area contributed by atoms with E-state index in [2.05, 4.69) is 40.0 Å². The van der Waals surface area contributed by atoms with Gasteiger partial charge in [0.15, 0.2) is 0 Å². The topological polar surface area (TPSA) is 28.6 Å². The Labute approximate surface area is 152 Å². The van der Waals surface area contributed by atoms with Crippen LogP contribution >= 0.6 is 11.3 Å². The van der Waals surface area contributed by atoms with E-state index in [0.29, 0.717) is 5.19 Å². The Hall–Kier alpha value is -1.95. The number of para-hydroxylation sites is 1. The van der Waals surface area contributed by atoms with E-state index in [1.165, 1.54) is 31.7 Å². The van der Waals surface area contributed by atoms with Crippen molar-refractivity contribution in [1.29, 1.82) is 0 Å². The first-order chi connectivity index (χ1) is 12.3. The van der Waals surface area contributed by atoms with E-state index in [4.69, 9.17) is 4.74 Å². The molecule has 0 amide bonds. The number of hydrogen-bond acceptors (Lipinski definition) is 5. The lowest BCUT2D eigenvalue weighted by Crippen LogP contribution is -2.45. The summed E-state index contributed by atoms with van der Waals surface area (Å²) in [6.07, 6.45) is 1.09. The Morgan fingerprint density at radius 2 is 1.76 bits per heavy atom. The van der Waals surface area contributed by atoms with Crippen molar-refractivity contribution in [3.8, 4) is 10.9 Å². The van der Waals surface area contributed by atoms with Gasteiger partial charge in [0.05, 0.1) is 10.2 Å². The van der Waals surface area contributed by atoms with Crippen molar-refractivity contribution in [3.63, 3.8) is 0 Å². The van der Waals surface area contributed by atoms with Crippen LogP contribution < -0.4 is 4.74 Å². The highest BCUT2D eigenvalue weighted by Crippen LogP contribution is 2.31. The predicted octanol–water partition coefficient (Wildman–Crippen LogP) is 3.88. The molecule has 5 heteroatoms. The van der Waals surface area contributed by atoms with Crippen LogP contribution in [-0.2, 0) is 6.42 Å². The molecule has 0 N–H and O–H groups in total. The first-order valence-electron chi connectivity index (χ1n) is 8.79. The molecular weight excluding hydrogens is 330 g/mol. The van der Waals surface area contributed by atoms with Gasteiger partial charge in [-0.3, -0.25) is 0 Å². The summed E-state index contributed by atoms with van der Waals surface area (Å²) < 4.78 is 7.07. The molecule has 0 unspecified atom stereocenters. The highest BCUT2D eigenvalue weighted by atomic mass is 32.1. The van der Waals surface area contributed by atoms with E-state index in [-0.39, 0.29) is 0 Å². The number of piperazine rings is 1. The van der Waals surface area contributed by atoms with Crippen LogP contribution in [0.5, 0.6) is 10.9 Å². The first kappa shape index (κ1) is 16.5. The zero-order valence-electron chi connectivity index (χ0n) is 14.5. The lowest BCUT2D eigenvalue weighted by Gasteiger charge is -2.32. The number of aromatic nitrogens is 1. The van der Waals surface area contributed by atoms with Crippen LogP contribution in [0, 0.1) is 0 Å². The van der Waals surface area contributed by atoms with E-state index in [1.54, 1.807) is 11.3 Å². The minimum absolute atomic E-state index is 0.700. The molecule has 0 bridgehead atoms. The third-order valence-corrected chi connectivity index (χ3v) is 5.63. The predicted molar refractivity (Wildman–Crippen MR) is 104 cm³/mol. The fraction of sp³-hybridized carbons (Fsp3) is 0.350. The van der Waals surface area contributed by atoms with E-state index < -0.39 is 0 Å². The van der Waals surface area contributed by atoms with Crippen molar-refractivity contribution in [2.24, 2.45) is 0 Å². The van der Waals surface area contributed by atoms with Gasteiger partial charge in [0.1, 0.15) is 5.75 Å². The number of rotatable bonds is 5.